The summed E-state index contributed by atoms with van der Waals surface area (Å²) in [6, 6.07) is 3.77. The van der Waals surface area contributed by atoms with Gasteiger partial charge in [0.15, 0.2) is 6.61 Å². The predicted octanol–water partition coefficient (Wildman–Crippen LogP) is 1.84. The summed E-state index contributed by atoms with van der Waals surface area (Å²) in [5.41, 5.74) is 2.54. The Bertz CT molecular complexity index is 811. The lowest BCUT2D eigenvalue weighted by Crippen LogP contribution is -2.49. The maximum atomic E-state index is 12.3. The lowest BCUT2D eigenvalue weighted by Gasteiger charge is -2.35. The number of carbonyl (C=O) groups excluding carboxylic acids is 2. The molecule has 2 atom stereocenters. The molecule has 1 aliphatic rings. The van der Waals surface area contributed by atoms with Gasteiger partial charge in [0, 0.05) is 38.1 Å². The topological polar surface area (TPSA) is 93.8 Å². The minimum Gasteiger partial charge on any atom is -0.451 e. The highest BCUT2D eigenvalue weighted by Gasteiger charge is 2.26. The standard InChI is InChI=1S/C21H29N3O5/c1-14-8-18(17(4)24(14)6-7-27-5)9-19(10-22)21(26)28-13-20(25)23-11-15(2)29-16(3)12-23/h8-9,15-16H,6-7,11-13H2,1-5H3/b19-9+/t15-,16+. The van der Waals surface area contributed by atoms with Crippen LogP contribution in [0.4, 0.5) is 0 Å². The van der Waals surface area contributed by atoms with Crippen LogP contribution in [0.5, 0.6) is 0 Å². The van der Waals surface area contributed by atoms with Crippen LogP contribution >= 0.6 is 0 Å². The molecule has 1 aliphatic heterocycles. The van der Waals surface area contributed by atoms with E-state index in [4.69, 9.17) is 14.2 Å². The zero-order valence-corrected chi connectivity index (χ0v) is 17.7. The van der Waals surface area contributed by atoms with E-state index in [1.54, 1.807) is 12.0 Å². The number of amides is 1. The van der Waals surface area contributed by atoms with Crippen molar-refractivity contribution in [2.45, 2.75) is 46.4 Å². The molecule has 29 heavy (non-hydrogen) atoms. The van der Waals surface area contributed by atoms with Gasteiger partial charge < -0.3 is 23.7 Å². The quantitative estimate of drug-likeness (QED) is 0.392. The minimum absolute atomic E-state index is 0.0682. The maximum absolute atomic E-state index is 12.3. The highest BCUT2D eigenvalue weighted by Crippen LogP contribution is 2.19. The molecule has 1 fully saturated rings. The van der Waals surface area contributed by atoms with Gasteiger partial charge in [0.2, 0.25) is 0 Å². The van der Waals surface area contributed by atoms with Gasteiger partial charge >= 0.3 is 5.97 Å². The first-order valence-corrected chi connectivity index (χ1v) is 9.64. The predicted molar refractivity (Wildman–Crippen MR) is 107 cm³/mol. The Hall–Kier alpha value is -2.63. The van der Waals surface area contributed by atoms with Crippen LogP contribution in [-0.4, -0.2) is 67.0 Å². The van der Waals surface area contributed by atoms with Crippen molar-refractivity contribution in [1.29, 1.82) is 5.26 Å². The number of methoxy groups -OCH3 is 1. The molecule has 2 heterocycles. The Labute approximate surface area is 171 Å². The fourth-order valence-electron chi connectivity index (χ4n) is 3.47. The van der Waals surface area contributed by atoms with E-state index in [1.165, 1.54) is 6.08 Å². The molecule has 1 aromatic heterocycles. The summed E-state index contributed by atoms with van der Waals surface area (Å²) >= 11 is 0. The Morgan fingerprint density at radius 3 is 2.55 bits per heavy atom. The van der Waals surface area contributed by atoms with Crippen molar-refractivity contribution < 1.29 is 23.8 Å². The molecule has 158 valence electrons. The third-order valence-electron chi connectivity index (χ3n) is 4.87. The van der Waals surface area contributed by atoms with Gasteiger partial charge in [0.1, 0.15) is 11.6 Å². The van der Waals surface area contributed by atoms with Crippen molar-refractivity contribution in [3.63, 3.8) is 0 Å². The number of rotatable bonds is 7. The van der Waals surface area contributed by atoms with Gasteiger partial charge in [-0.3, -0.25) is 4.79 Å². The van der Waals surface area contributed by atoms with Crippen molar-refractivity contribution in [2.24, 2.45) is 0 Å². The molecule has 0 N–H and O–H groups in total. The van der Waals surface area contributed by atoms with E-state index < -0.39 is 12.6 Å². The molecule has 0 spiro atoms. The van der Waals surface area contributed by atoms with E-state index in [0.717, 1.165) is 17.0 Å². The van der Waals surface area contributed by atoms with Gasteiger partial charge in [-0.2, -0.15) is 5.26 Å². The van der Waals surface area contributed by atoms with Gasteiger partial charge in [0.05, 0.1) is 18.8 Å². The molecule has 1 amide bonds. The SMILES string of the molecule is COCCn1c(C)cc(/C=C(\C#N)C(=O)OCC(=O)N2C[C@@H](C)O[C@@H](C)C2)c1C. The first-order chi connectivity index (χ1) is 13.8. The summed E-state index contributed by atoms with van der Waals surface area (Å²) in [7, 11) is 1.64. The lowest BCUT2D eigenvalue weighted by atomic mass is 10.1. The van der Waals surface area contributed by atoms with Crippen LogP contribution in [0, 0.1) is 25.2 Å². The molecular weight excluding hydrogens is 374 g/mol. The van der Waals surface area contributed by atoms with Gasteiger partial charge in [0.25, 0.3) is 5.91 Å². The molecule has 1 aromatic rings. The first-order valence-electron chi connectivity index (χ1n) is 9.64. The molecule has 0 bridgehead atoms. The Morgan fingerprint density at radius 1 is 1.31 bits per heavy atom. The molecule has 8 heteroatoms. The highest BCUT2D eigenvalue weighted by molar-refractivity contribution is 5.99. The molecule has 0 radical (unpaired) electrons. The normalized spacial score (nSPS) is 19.7. The largest absolute Gasteiger partial charge is 0.451 e. The maximum Gasteiger partial charge on any atom is 0.349 e. The Balaban J connectivity index is 2.03. The summed E-state index contributed by atoms with van der Waals surface area (Å²) in [4.78, 5) is 26.3. The number of morpholine rings is 1. The number of aryl methyl sites for hydroxylation is 1. The molecule has 8 nitrogen and oxygen atoms in total. The second kappa shape index (κ2) is 10.2. The zero-order valence-electron chi connectivity index (χ0n) is 17.7. The van der Waals surface area contributed by atoms with Gasteiger partial charge in [-0.1, -0.05) is 0 Å². The smallest absolute Gasteiger partial charge is 0.349 e. The molecular formula is C21H29N3O5. The Morgan fingerprint density at radius 2 is 1.97 bits per heavy atom. The fourth-order valence-corrected chi connectivity index (χ4v) is 3.47. The molecule has 0 aliphatic carbocycles. The summed E-state index contributed by atoms with van der Waals surface area (Å²) in [5, 5.41) is 9.39. The van der Waals surface area contributed by atoms with Crippen molar-refractivity contribution >= 4 is 18.0 Å². The molecule has 0 aromatic carbocycles. The number of hydrogen-bond acceptors (Lipinski definition) is 6. The Kier molecular flexibility index (Phi) is 8.00. The van der Waals surface area contributed by atoms with E-state index in [2.05, 4.69) is 4.57 Å². The van der Waals surface area contributed by atoms with Crippen LogP contribution in [-0.2, 0) is 30.3 Å². The molecule has 0 unspecified atom stereocenters. The number of hydrogen-bond donors (Lipinski definition) is 0. The third-order valence-corrected chi connectivity index (χ3v) is 4.87. The van der Waals surface area contributed by atoms with Crippen molar-refractivity contribution in [1.82, 2.24) is 9.47 Å². The summed E-state index contributed by atoms with van der Waals surface area (Å²) in [6.07, 6.45) is 1.36. The summed E-state index contributed by atoms with van der Waals surface area (Å²) in [5.74, 6) is -1.10. The van der Waals surface area contributed by atoms with E-state index >= 15 is 0 Å². The van der Waals surface area contributed by atoms with E-state index in [1.807, 2.05) is 39.8 Å². The van der Waals surface area contributed by atoms with Crippen LogP contribution in [0.15, 0.2) is 11.6 Å². The first kappa shape index (κ1) is 22.7. The van der Waals surface area contributed by atoms with Gasteiger partial charge in [-0.15, -0.1) is 0 Å². The minimum atomic E-state index is -0.808. The van der Waals surface area contributed by atoms with Crippen LogP contribution in [0.2, 0.25) is 0 Å². The summed E-state index contributed by atoms with van der Waals surface area (Å²) in [6.45, 7) is 9.40. The zero-order chi connectivity index (χ0) is 21.6. The fraction of sp³-hybridized carbons (Fsp3) is 0.571. The third kappa shape index (κ3) is 5.92. The number of nitrogens with zero attached hydrogens (tertiary/aromatic N) is 3. The van der Waals surface area contributed by atoms with Crippen LogP contribution < -0.4 is 0 Å². The second-order valence-corrected chi connectivity index (χ2v) is 7.27. The number of carbonyl (C=O) groups is 2. The monoisotopic (exact) mass is 403 g/mol. The summed E-state index contributed by atoms with van der Waals surface area (Å²) < 4.78 is 17.9. The number of nitriles is 1. The average molecular weight is 403 g/mol. The lowest BCUT2D eigenvalue weighted by molar-refractivity contribution is -0.154. The second-order valence-electron chi connectivity index (χ2n) is 7.27. The molecule has 0 saturated carbocycles. The van der Waals surface area contributed by atoms with Crippen LogP contribution in [0.25, 0.3) is 6.08 Å². The van der Waals surface area contributed by atoms with Gasteiger partial charge in [-0.25, -0.2) is 4.79 Å². The van der Waals surface area contributed by atoms with Gasteiger partial charge in [-0.05, 0) is 45.4 Å². The molecule has 1 saturated heterocycles. The van der Waals surface area contributed by atoms with E-state index in [-0.39, 0.29) is 23.7 Å². The van der Waals surface area contributed by atoms with Crippen molar-refractivity contribution in [2.75, 3.05) is 33.4 Å². The number of esters is 1. The van der Waals surface area contributed by atoms with Crippen molar-refractivity contribution in [3.8, 4) is 6.07 Å². The van der Waals surface area contributed by atoms with E-state index in [9.17, 15) is 14.9 Å². The molecule has 2 rings (SSSR count). The number of aromatic nitrogens is 1. The average Bonchev–Trinajstić information content (AvgIpc) is 2.94. The van der Waals surface area contributed by atoms with E-state index in [0.29, 0.717) is 26.2 Å². The van der Waals surface area contributed by atoms with Crippen LogP contribution in [0.3, 0.4) is 0 Å². The number of ether oxygens (including phenoxy) is 3. The van der Waals surface area contributed by atoms with Crippen molar-refractivity contribution in [3.05, 3.63) is 28.6 Å². The van der Waals surface area contributed by atoms with Crippen LogP contribution in [0.1, 0.15) is 30.8 Å². The highest BCUT2D eigenvalue weighted by atomic mass is 16.5.